The van der Waals surface area contributed by atoms with E-state index in [1.165, 1.54) is 44.5 Å². The molecule has 0 aliphatic heterocycles. The highest BCUT2D eigenvalue weighted by Crippen LogP contribution is 2.31. The van der Waals surface area contributed by atoms with E-state index in [9.17, 15) is 0 Å². The van der Waals surface area contributed by atoms with Crippen LogP contribution in [0.2, 0.25) is 0 Å². The number of hydrogen-bond acceptors (Lipinski definition) is 0. The molecule has 0 unspecified atom stereocenters. The minimum Gasteiger partial charge on any atom is -0.0614 e. The summed E-state index contributed by atoms with van der Waals surface area (Å²) in [7, 11) is 0. The van der Waals surface area contributed by atoms with Crippen LogP contribution in [0.4, 0.5) is 0 Å². The van der Waals surface area contributed by atoms with Crippen molar-refractivity contribution in [2.45, 2.75) is 27.7 Å². The van der Waals surface area contributed by atoms with E-state index in [0.717, 1.165) is 0 Å². The fourth-order valence-corrected chi connectivity index (χ4v) is 2.95. The van der Waals surface area contributed by atoms with E-state index >= 15 is 0 Å². The molecule has 0 nitrogen and oxygen atoms in total. The highest BCUT2D eigenvalue weighted by Gasteiger charge is 2.07. The van der Waals surface area contributed by atoms with Gasteiger partial charge in [-0.2, -0.15) is 0 Å². The maximum absolute atomic E-state index is 2.30. The average Bonchev–Trinajstić information content (AvgIpc) is 2.51. The molecule has 3 aromatic carbocycles. The van der Waals surface area contributed by atoms with E-state index in [1.54, 1.807) is 0 Å². The highest BCUT2D eigenvalue weighted by atomic mass is 14.1. The third-order valence-corrected chi connectivity index (χ3v) is 4.50. The predicted octanol–water partition coefficient (Wildman–Crippen LogP) is 6.25. The van der Waals surface area contributed by atoms with Crippen LogP contribution in [0.15, 0.2) is 60.7 Å². The molecule has 0 heterocycles. The van der Waals surface area contributed by atoms with Gasteiger partial charge < -0.3 is 0 Å². The molecule has 0 aliphatic rings. The van der Waals surface area contributed by atoms with E-state index in [-0.39, 0.29) is 0 Å². The second-order valence-corrected chi connectivity index (χ2v) is 6.14. The molecule has 3 aromatic rings. The van der Waals surface area contributed by atoms with Crippen molar-refractivity contribution in [3.8, 4) is 22.3 Å². The van der Waals surface area contributed by atoms with Crippen molar-refractivity contribution in [1.82, 2.24) is 0 Å². The molecule has 0 amide bonds. The topological polar surface area (TPSA) is 0 Å². The van der Waals surface area contributed by atoms with E-state index in [1.807, 2.05) is 0 Å². The molecule has 0 bridgehead atoms. The standard InChI is InChI=1S/C22H22/c1-15-8-10-19(11-9-15)21-13-12-20(14-17(21)3)22-7-5-6-16(2)18(22)4/h5-14H,1-4H3. The van der Waals surface area contributed by atoms with Crippen molar-refractivity contribution < 1.29 is 0 Å². The van der Waals surface area contributed by atoms with Crippen molar-refractivity contribution in [1.29, 1.82) is 0 Å². The molecule has 22 heavy (non-hydrogen) atoms. The minimum absolute atomic E-state index is 1.29. The van der Waals surface area contributed by atoms with Gasteiger partial charge in [0.1, 0.15) is 0 Å². The summed E-state index contributed by atoms with van der Waals surface area (Å²) in [5, 5.41) is 0. The van der Waals surface area contributed by atoms with Crippen LogP contribution in [0.25, 0.3) is 22.3 Å². The SMILES string of the molecule is Cc1ccc(-c2ccc(-c3cccc(C)c3C)cc2C)cc1. The van der Waals surface area contributed by atoms with Gasteiger partial charge in [-0.15, -0.1) is 0 Å². The van der Waals surface area contributed by atoms with Gasteiger partial charge in [0.2, 0.25) is 0 Å². The van der Waals surface area contributed by atoms with Crippen LogP contribution in [0.3, 0.4) is 0 Å². The summed E-state index contributed by atoms with van der Waals surface area (Å²) in [5.41, 5.74) is 10.6. The molecular weight excluding hydrogens is 264 g/mol. The van der Waals surface area contributed by atoms with Gasteiger partial charge in [0.25, 0.3) is 0 Å². The molecule has 0 fully saturated rings. The van der Waals surface area contributed by atoms with E-state index in [0.29, 0.717) is 0 Å². The van der Waals surface area contributed by atoms with Crippen LogP contribution in [0.1, 0.15) is 22.3 Å². The summed E-state index contributed by atoms with van der Waals surface area (Å²) in [5.74, 6) is 0. The van der Waals surface area contributed by atoms with Gasteiger partial charge in [-0.1, -0.05) is 66.2 Å². The van der Waals surface area contributed by atoms with Crippen molar-refractivity contribution in [2.24, 2.45) is 0 Å². The van der Waals surface area contributed by atoms with E-state index < -0.39 is 0 Å². The number of rotatable bonds is 2. The quantitative estimate of drug-likeness (QED) is 0.522. The molecule has 0 aromatic heterocycles. The first kappa shape index (κ1) is 14.6. The molecule has 3 rings (SSSR count). The lowest BCUT2D eigenvalue weighted by molar-refractivity contribution is 1.33. The summed E-state index contributed by atoms with van der Waals surface area (Å²) in [6.45, 7) is 8.70. The highest BCUT2D eigenvalue weighted by molar-refractivity contribution is 5.75. The maximum atomic E-state index is 2.30. The molecule has 0 aliphatic carbocycles. The van der Waals surface area contributed by atoms with Gasteiger partial charge in [-0.05, 0) is 66.6 Å². The van der Waals surface area contributed by atoms with Crippen molar-refractivity contribution >= 4 is 0 Å². The molecule has 0 saturated heterocycles. The van der Waals surface area contributed by atoms with Crippen molar-refractivity contribution in [3.05, 3.63) is 82.9 Å². The van der Waals surface area contributed by atoms with Gasteiger partial charge in [-0.25, -0.2) is 0 Å². The Kier molecular flexibility index (Phi) is 3.85. The zero-order chi connectivity index (χ0) is 15.7. The van der Waals surface area contributed by atoms with Crippen LogP contribution >= 0.6 is 0 Å². The third kappa shape index (κ3) is 2.69. The number of benzene rings is 3. The zero-order valence-corrected chi connectivity index (χ0v) is 13.8. The van der Waals surface area contributed by atoms with E-state index in [4.69, 9.17) is 0 Å². The lowest BCUT2D eigenvalue weighted by Crippen LogP contribution is -1.89. The zero-order valence-electron chi connectivity index (χ0n) is 13.8. The first-order chi connectivity index (χ1) is 10.6. The molecule has 0 saturated carbocycles. The molecule has 0 radical (unpaired) electrons. The summed E-state index contributed by atoms with van der Waals surface area (Å²) in [6.07, 6.45) is 0. The molecule has 110 valence electrons. The van der Waals surface area contributed by atoms with Crippen LogP contribution in [-0.4, -0.2) is 0 Å². The molecular formula is C22H22. The van der Waals surface area contributed by atoms with Gasteiger partial charge in [0, 0.05) is 0 Å². The number of hydrogen-bond donors (Lipinski definition) is 0. The molecule has 0 heteroatoms. The Labute approximate surface area is 133 Å². The van der Waals surface area contributed by atoms with Gasteiger partial charge >= 0.3 is 0 Å². The lowest BCUT2D eigenvalue weighted by atomic mass is 9.92. The first-order valence-corrected chi connectivity index (χ1v) is 7.80. The Morgan fingerprint density at radius 3 is 1.91 bits per heavy atom. The Hall–Kier alpha value is -2.34. The van der Waals surface area contributed by atoms with E-state index in [2.05, 4.69) is 88.4 Å². The van der Waals surface area contributed by atoms with Crippen LogP contribution in [0.5, 0.6) is 0 Å². The van der Waals surface area contributed by atoms with Crippen LogP contribution < -0.4 is 0 Å². The van der Waals surface area contributed by atoms with Crippen LogP contribution in [0, 0.1) is 27.7 Å². The first-order valence-electron chi connectivity index (χ1n) is 7.80. The Bertz CT molecular complexity index is 808. The summed E-state index contributed by atoms with van der Waals surface area (Å²) in [4.78, 5) is 0. The van der Waals surface area contributed by atoms with Gasteiger partial charge in [0.15, 0.2) is 0 Å². The average molecular weight is 286 g/mol. The number of aryl methyl sites for hydroxylation is 3. The second kappa shape index (κ2) is 5.81. The largest absolute Gasteiger partial charge is 0.0614 e. The van der Waals surface area contributed by atoms with Crippen molar-refractivity contribution in [2.75, 3.05) is 0 Å². The monoisotopic (exact) mass is 286 g/mol. The Morgan fingerprint density at radius 2 is 1.23 bits per heavy atom. The third-order valence-electron chi connectivity index (χ3n) is 4.50. The van der Waals surface area contributed by atoms with Gasteiger partial charge in [-0.3, -0.25) is 0 Å². The molecule has 0 N–H and O–H groups in total. The van der Waals surface area contributed by atoms with Gasteiger partial charge in [0.05, 0.1) is 0 Å². The Morgan fingerprint density at radius 1 is 0.545 bits per heavy atom. The fourth-order valence-electron chi connectivity index (χ4n) is 2.95. The lowest BCUT2D eigenvalue weighted by Gasteiger charge is -2.12. The summed E-state index contributed by atoms with van der Waals surface area (Å²) in [6, 6.07) is 22.1. The van der Waals surface area contributed by atoms with Crippen molar-refractivity contribution in [3.63, 3.8) is 0 Å². The Balaban J connectivity index is 2.06. The summed E-state index contributed by atoms with van der Waals surface area (Å²) < 4.78 is 0. The fraction of sp³-hybridized carbons (Fsp3) is 0.182. The molecule has 0 spiro atoms. The predicted molar refractivity (Wildman–Crippen MR) is 96.3 cm³/mol. The second-order valence-electron chi connectivity index (χ2n) is 6.14. The molecule has 0 atom stereocenters. The summed E-state index contributed by atoms with van der Waals surface area (Å²) >= 11 is 0. The maximum Gasteiger partial charge on any atom is -0.0152 e. The normalized spacial score (nSPS) is 10.7. The minimum atomic E-state index is 1.29. The van der Waals surface area contributed by atoms with Crippen LogP contribution in [-0.2, 0) is 0 Å². The smallest absolute Gasteiger partial charge is 0.0152 e.